The lowest BCUT2D eigenvalue weighted by molar-refractivity contribution is -0.159. The van der Waals surface area contributed by atoms with Crippen LogP contribution in [0.3, 0.4) is 0 Å². The highest BCUT2D eigenvalue weighted by molar-refractivity contribution is 5.77. The van der Waals surface area contributed by atoms with Gasteiger partial charge in [0.15, 0.2) is 11.8 Å². The molecule has 0 saturated heterocycles. The largest absolute Gasteiger partial charge is 0.464 e. The molecule has 0 bridgehead atoms. The molecule has 3 N–H and O–H groups in total. The van der Waals surface area contributed by atoms with Crippen LogP contribution in [0.15, 0.2) is 18.5 Å². The highest BCUT2D eigenvalue weighted by Gasteiger charge is 2.27. The highest BCUT2D eigenvalue weighted by Crippen LogP contribution is 2.20. The number of rotatable bonds is 4. The molecule has 0 saturated carbocycles. The van der Waals surface area contributed by atoms with Crippen molar-refractivity contribution in [2.24, 2.45) is 0 Å². The summed E-state index contributed by atoms with van der Waals surface area (Å²) in [7, 11) is 0. The molecule has 96 valence electrons. The number of aromatic nitrogens is 3. The predicted octanol–water partition coefficient (Wildman–Crippen LogP) is -0.0847. The van der Waals surface area contributed by atoms with Gasteiger partial charge in [-0.15, -0.1) is 0 Å². The number of nitrogens with zero attached hydrogens (tertiary/aromatic N) is 2. The number of hydrogen-bond acceptors (Lipinski definition) is 6. The molecule has 7 nitrogen and oxygen atoms in total. The molecular weight excluding hydrogens is 238 g/mol. The third-order valence-electron chi connectivity index (χ3n) is 2.48. The van der Waals surface area contributed by atoms with Gasteiger partial charge in [0, 0.05) is 17.1 Å². The number of aliphatic hydroxyl groups excluding tert-OH is 2. The van der Waals surface area contributed by atoms with Crippen molar-refractivity contribution >= 4 is 17.0 Å². The summed E-state index contributed by atoms with van der Waals surface area (Å²) in [5.41, 5.74) is 0.890. The first-order valence-corrected chi connectivity index (χ1v) is 5.45. The van der Waals surface area contributed by atoms with Crippen LogP contribution < -0.4 is 0 Å². The van der Waals surface area contributed by atoms with Crippen molar-refractivity contribution in [2.45, 2.75) is 19.1 Å². The van der Waals surface area contributed by atoms with Gasteiger partial charge in [-0.1, -0.05) is 0 Å². The summed E-state index contributed by atoms with van der Waals surface area (Å²) >= 11 is 0. The van der Waals surface area contributed by atoms with Gasteiger partial charge in [-0.05, 0) is 13.0 Å². The molecule has 0 radical (unpaired) electrons. The van der Waals surface area contributed by atoms with Crippen LogP contribution in [-0.4, -0.2) is 44.1 Å². The molecule has 0 aromatic carbocycles. The van der Waals surface area contributed by atoms with Crippen LogP contribution >= 0.6 is 0 Å². The van der Waals surface area contributed by atoms with Gasteiger partial charge in [-0.3, -0.25) is 5.10 Å². The van der Waals surface area contributed by atoms with E-state index in [1.807, 2.05) is 0 Å². The van der Waals surface area contributed by atoms with Crippen LogP contribution in [0.4, 0.5) is 0 Å². The van der Waals surface area contributed by atoms with Gasteiger partial charge in [0.25, 0.3) is 0 Å². The number of nitrogens with one attached hydrogen (secondary N) is 1. The minimum atomic E-state index is -1.63. The molecular formula is C11H13N3O4. The Hall–Kier alpha value is -1.99. The summed E-state index contributed by atoms with van der Waals surface area (Å²) in [6.07, 6.45) is -0.102. The van der Waals surface area contributed by atoms with E-state index in [0.717, 1.165) is 0 Å². The smallest absolute Gasteiger partial charge is 0.338 e. The van der Waals surface area contributed by atoms with E-state index in [4.69, 9.17) is 0 Å². The van der Waals surface area contributed by atoms with Crippen molar-refractivity contribution in [1.29, 1.82) is 0 Å². The first kappa shape index (κ1) is 12.5. The zero-order chi connectivity index (χ0) is 13.1. The van der Waals surface area contributed by atoms with Crippen molar-refractivity contribution in [3.05, 3.63) is 24.0 Å². The fourth-order valence-corrected chi connectivity index (χ4v) is 1.55. The van der Waals surface area contributed by atoms with Gasteiger partial charge in [-0.25, -0.2) is 9.78 Å². The Balaban J connectivity index is 2.21. The monoisotopic (exact) mass is 251 g/mol. The Bertz CT molecular complexity index is 554. The van der Waals surface area contributed by atoms with E-state index in [-0.39, 0.29) is 6.61 Å². The first-order valence-electron chi connectivity index (χ1n) is 5.45. The van der Waals surface area contributed by atoms with E-state index in [1.54, 1.807) is 13.0 Å². The summed E-state index contributed by atoms with van der Waals surface area (Å²) in [5, 5.41) is 26.6. The first-order chi connectivity index (χ1) is 8.63. The van der Waals surface area contributed by atoms with Gasteiger partial charge < -0.3 is 14.9 Å². The zero-order valence-corrected chi connectivity index (χ0v) is 9.70. The number of hydrogen-bond donors (Lipinski definition) is 3. The fraction of sp³-hybridized carbons (Fsp3) is 0.364. The van der Waals surface area contributed by atoms with Crippen LogP contribution in [0.2, 0.25) is 0 Å². The number of carbonyl (C=O) groups excluding carboxylic acids is 1. The molecule has 0 aliphatic rings. The maximum Gasteiger partial charge on any atom is 0.338 e. The summed E-state index contributed by atoms with van der Waals surface area (Å²) in [4.78, 5) is 15.3. The van der Waals surface area contributed by atoms with E-state index in [1.165, 1.54) is 12.4 Å². The van der Waals surface area contributed by atoms with E-state index in [2.05, 4.69) is 19.9 Å². The molecule has 0 aliphatic carbocycles. The number of aromatic amines is 1. The second-order valence-electron chi connectivity index (χ2n) is 3.72. The lowest BCUT2D eigenvalue weighted by Crippen LogP contribution is -2.29. The average Bonchev–Trinajstić information content (AvgIpc) is 2.84. The Kier molecular flexibility index (Phi) is 3.54. The van der Waals surface area contributed by atoms with Gasteiger partial charge in [0.05, 0.1) is 12.8 Å². The number of pyridine rings is 1. The van der Waals surface area contributed by atoms with Crippen molar-refractivity contribution < 1.29 is 19.7 Å². The standard InChI is InChI=1S/C11H13N3O4/c1-2-18-11(17)9(16)8(15)6-3-7-5-13-14-10(7)12-4-6/h3-5,8-9,15-16H,2H2,1H3,(H,12,13,14). The molecule has 2 unspecified atom stereocenters. The van der Waals surface area contributed by atoms with E-state index < -0.39 is 18.2 Å². The maximum atomic E-state index is 11.3. The number of aliphatic hydroxyl groups is 2. The quantitative estimate of drug-likeness (QED) is 0.656. The maximum absolute atomic E-state index is 11.3. The molecule has 2 aromatic heterocycles. The Labute approximate surface area is 102 Å². The third kappa shape index (κ3) is 2.31. The second-order valence-corrected chi connectivity index (χ2v) is 3.72. The number of H-pyrrole nitrogens is 1. The lowest BCUT2D eigenvalue weighted by Gasteiger charge is -2.16. The summed E-state index contributed by atoms with van der Waals surface area (Å²) < 4.78 is 4.63. The number of esters is 1. The molecule has 2 heterocycles. The van der Waals surface area contributed by atoms with Crippen LogP contribution in [0.25, 0.3) is 11.0 Å². The Morgan fingerprint density at radius 3 is 3.00 bits per heavy atom. The Morgan fingerprint density at radius 2 is 2.28 bits per heavy atom. The summed E-state index contributed by atoms with van der Waals surface area (Å²) in [6, 6.07) is 1.60. The van der Waals surface area contributed by atoms with Crippen molar-refractivity contribution in [3.63, 3.8) is 0 Å². The normalized spacial score (nSPS) is 14.4. The fourth-order valence-electron chi connectivity index (χ4n) is 1.55. The second kappa shape index (κ2) is 5.11. The molecule has 0 fully saturated rings. The molecule has 2 atom stereocenters. The topological polar surface area (TPSA) is 108 Å². The molecule has 7 heteroatoms. The third-order valence-corrected chi connectivity index (χ3v) is 2.48. The predicted molar refractivity (Wildman–Crippen MR) is 61.5 cm³/mol. The SMILES string of the molecule is CCOC(=O)C(O)C(O)c1cnc2[nH]ncc2c1. The van der Waals surface area contributed by atoms with Crippen molar-refractivity contribution in [1.82, 2.24) is 15.2 Å². The van der Waals surface area contributed by atoms with Crippen molar-refractivity contribution in [3.8, 4) is 0 Å². The summed E-state index contributed by atoms with van der Waals surface area (Å²) in [5.74, 6) is -0.864. The molecule has 2 rings (SSSR count). The van der Waals surface area contributed by atoms with Crippen LogP contribution in [-0.2, 0) is 9.53 Å². The van der Waals surface area contributed by atoms with Gasteiger partial charge in [0.1, 0.15) is 6.10 Å². The van der Waals surface area contributed by atoms with Gasteiger partial charge in [0.2, 0.25) is 0 Å². The highest BCUT2D eigenvalue weighted by atomic mass is 16.5. The lowest BCUT2D eigenvalue weighted by atomic mass is 10.1. The minimum absolute atomic E-state index is 0.141. The summed E-state index contributed by atoms with van der Waals surface area (Å²) in [6.45, 7) is 1.76. The van der Waals surface area contributed by atoms with E-state index >= 15 is 0 Å². The average molecular weight is 251 g/mol. The number of fused-ring (bicyclic) bond motifs is 1. The van der Waals surface area contributed by atoms with Crippen LogP contribution in [0, 0.1) is 0 Å². The van der Waals surface area contributed by atoms with Crippen molar-refractivity contribution in [2.75, 3.05) is 6.61 Å². The number of ether oxygens (including phenoxy) is 1. The molecule has 18 heavy (non-hydrogen) atoms. The van der Waals surface area contributed by atoms with Crippen LogP contribution in [0.5, 0.6) is 0 Å². The molecule has 0 spiro atoms. The van der Waals surface area contributed by atoms with E-state index in [9.17, 15) is 15.0 Å². The van der Waals surface area contributed by atoms with Crippen LogP contribution in [0.1, 0.15) is 18.6 Å². The molecule has 2 aromatic rings. The van der Waals surface area contributed by atoms with Gasteiger partial charge in [-0.2, -0.15) is 5.10 Å². The zero-order valence-electron chi connectivity index (χ0n) is 9.70. The van der Waals surface area contributed by atoms with E-state index in [0.29, 0.717) is 16.6 Å². The number of carbonyl (C=O) groups is 1. The molecule has 0 amide bonds. The van der Waals surface area contributed by atoms with Gasteiger partial charge >= 0.3 is 5.97 Å². The Morgan fingerprint density at radius 1 is 1.50 bits per heavy atom. The minimum Gasteiger partial charge on any atom is -0.464 e. The molecule has 0 aliphatic heterocycles.